The lowest BCUT2D eigenvalue weighted by Crippen LogP contribution is -2.12. The molecule has 0 aliphatic carbocycles. The first-order chi connectivity index (χ1) is 8.97. The fourth-order valence-corrected chi connectivity index (χ4v) is 2.04. The van der Waals surface area contributed by atoms with Crippen molar-refractivity contribution in [1.82, 2.24) is 0 Å². The zero-order valence-electron chi connectivity index (χ0n) is 9.49. The molecule has 0 atom stereocenters. The molecule has 0 saturated carbocycles. The van der Waals surface area contributed by atoms with Gasteiger partial charge >= 0.3 is 0 Å². The van der Waals surface area contributed by atoms with Crippen LogP contribution in [0.2, 0.25) is 0 Å². The summed E-state index contributed by atoms with van der Waals surface area (Å²) in [7, 11) is 0. The van der Waals surface area contributed by atoms with Gasteiger partial charge in [-0.15, -0.1) is 0 Å². The molecule has 0 saturated heterocycles. The topological polar surface area (TPSA) is 52.3 Å². The van der Waals surface area contributed by atoms with Gasteiger partial charge in [-0.3, -0.25) is 4.79 Å². The Bertz CT molecular complexity index is 647. The fraction of sp³-hybridized carbons (Fsp3) is 0. The molecule has 19 heavy (non-hydrogen) atoms. The van der Waals surface area contributed by atoms with Gasteiger partial charge in [-0.2, -0.15) is 0 Å². The van der Waals surface area contributed by atoms with Gasteiger partial charge in [0.2, 0.25) is 0 Å². The van der Waals surface area contributed by atoms with Crippen LogP contribution in [0.15, 0.2) is 45.3 Å². The third-order valence-electron chi connectivity index (χ3n) is 2.33. The SMILES string of the molecule is NC(=O)c1ccc(Br)cc1Oc1ccc(Br)c(F)c1. The monoisotopic (exact) mass is 387 g/mol. The third-order valence-corrected chi connectivity index (χ3v) is 3.46. The highest BCUT2D eigenvalue weighted by atomic mass is 79.9. The highest BCUT2D eigenvalue weighted by Crippen LogP contribution is 2.30. The maximum Gasteiger partial charge on any atom is 0.252 e. The van der Waals surface area contributed by atoms with Crippen LogP contribution in [-0.2, 0) is 0 Å². The molecule has 6 heteroatoms. The molecule has 0 fully saturated rings. The molecule has 3 nitrogen and oxygen atoms in total. The maximum absolute atomic E-state index is 13.4. The maximum atomic E-state index is 13.4. The van der Waals surface area contributed by atoms with Gasteiger partial charge in [0.1, 0.15) is 17.3 Å². The van der Waals surface area contributed by atoms with Crippen LogP contribution in [0.5, 0.6) is 11.5 Å². The van der Waals surface area contributed by atoms with Gasteiger partial charge in [0, 0.05) is 10.5 Å². The van der Waals surface area contributed by atoms with Crippen molar-refractivity contribution in [2.45, 2.75) is 0 Å². The van der Waals surface area contributed by atoms with E-state index in [-0.39, 0.29) is 17.1 Å². The summed E-state index contributed by atoms with van der Waals surface area (Å²) in [5, 5.41) is 0. The average molecular weight is 389 g/mol. The lowest BCUT2D eigenvalue weighted by molar-refractivity contribution is 0.0998. The van der Waals surface area contributed by atoms with E-state index in [4.69, 9.17) is 10.5 Å². The van der Waals surface area contributed by atoms with E-state index in [2.05, 4.69) is 31.9 Å². The van der Waals surface area contributed by atoms with Crippen molar-refractivity contribution in [2.24, 2.45) is 5.73 Å². The Morgan fingerprint density at radius 1 is 1.16 bits per heavy atom. The van der Waals surface area contributed by atoms with Gasteiger partial charge in [-0.25, -0.2) is 4.39 Å². The molecule has 1 amide bonds. The van der Waals surface area contributed by atoms with Crippen molar-refractivity contribution in [1.29, 1.82) is 0 Å². The molecule has 2 aromatic carbocycles. The number of hydrogen-bond donors (Lipinski definition) is 1. The minimum atomic E-state index is -0.611. The van der Waals surface area contributed by atoms with Crippen LogP contribution < -0.4 is 10.5 Å². The number of ether oxygens (including phenoxy) is 1. The second-order valence-electron chi connectivity index (χ2n) is 3.68. The summed E-state index contributed by atoms with van der Waals surface area (Å²) in [5.41, 5.74) is 5.48. The van der Waals surface area contributed by atoms with Gasteiger partial charge in [0.15, 0.2) is 0 Å². The predicted molar refractivity (Wildman–Crippen MR) is 76.8 cm³/mol. The Morgan fingerprint density at radius 3 is 2.53 bits per heavy atom. The summed E-state index contributed by atoms with van der Waals surface area (Å²) >= 11 is 6.32. The van der Waals surface area contributed by atoms with Crippen molar-refractivity contribution >= 4 is 37.8 Å². The summed E-state index contributed by atoms with van der Waals surface area (Å²) in [6.07, 6.45) is 0. The molecular formula is C13H8Br2FNO2. The summed E-state index contributed by atoms with van der Waals surface area (Å²) in [6, 6.07) is 9.13. The van der Waals surface area contributed by atoms with Crippen molar-refractivity contribution in [2.75, 3.05) is 0 Å². The smallest absolute Gasteiger partial charge is 0.252 e. The molecular weight excluding hydrogens is 381 g/mol. The Kier molecular flexibility index (Phi) is 4.21. The van der Waals surface area contributed by atoms with Crippen molar-refractivity contribution in [3.63, 3.8) is 0 Å². The van der Waals surface area contributed by atoms with Gasteiger partial charge in [0.05, 0.1) is 10.0 Å². The van der Waals surface area contributed by atoms with E-state index in [0.717, 1.165) is 4.47 Å². The first-order valence-electron chi connectivity index (χ1n) is 5.19. The largest absolute Gasteiger partial charge is 0.456 e. The number of carbonyl (C=O) groups is 1. The van der Waals surface area contributed by atoms with Crippen LogP contribution in [0.1, 0.15) is 10.4 Å². The fourth-order valence-electron chi connectivity index (χ4n) is 1.45. The van der Waals surface area contributed by atoms with E-state index in [9.17, 15) is 9.18 Å². The number of benzene rings is 2. The zero-order valence-corrected chi connectivity index (χ0v) is 12.7. The van der Waals surface area contributed by atoms with Crippen LogP contribution in [0.25, 0.3) is 0 Å². The Labute approximate surface area is 125 Å². The van der Waals surface area contributed by atoms with Crippen molar-refractivity contribution < 1.29 is 13.9 Å². The minimum Gasteiger partial charge on any atom is -0.456 e. The molecule has 2 rings (SSSR count). The van der Waals surface area contributed by atoms with Crippen molar-refractivity contribution in [3.05, 3.63) is 56.7 Å². The Hall–Kier alpha value is -1.40. The first kappa shape index (κ1) is 14.0. The van der Waals surface area contributed by atoms with Crippen molar-refractivity contribution in [3.8, 4) is 11.5 Å². The minimum absolute atomic E-state index is 0.228. The van der Waals surface area contributed by atoms with E-state index < -0.39 is 11.7 Å². The lowest BCUT2D eigenvalue weighted by Gasteiger charge is -2.10. The van der Waals surface area contributed by atoms with E-state index in [1.807, 2.05) is 0 Å². The highest BCUT2D eigenvalue weighted by molar-refractivity contribution is 9.10. The van der Waals surface area contributed by atoms with E-state index in [1.54, 1.807) is 18.2 Å². The van der Waals surface area contributed by atoms with E-state index >= 15 is 0 Å². The number of nitrogens with two attached hydrogens (primary N) is 1. The summed E-state index contributed by atoms with van der Waals surface area (Å²) in [4.78, 5) is 11.3. The summed E-state index contributed by atoms with van der Waals surface area (Å²) in [6.45, 7) is 0. The van der Waals surface area contributed by atoms with Crippen LogP contribution in [0.3, 0.4) is 0 Å². The second kappa shape index (κ2) is 5.71. The number of carbonyl (C=O) groups excluding carboxylic acids is 1. The number of primary amides is 1. The Morgan fingerprint density at radius 2 is 1.89 bits per heavy atom. The predicted octanol–water partition coefficient (Wildman–Crippen LogP) is 4.24. The molecule has 2 N–H and O–H groups in total. The van der Waals surface area contributed by atoms with Crippen LogP contribution in [-0.4, -0.2) is 5.91 Å². The normalized spacial score (nSPS) is 10.3. The average Bonchev–Trinajstić information content (AvgIpc) is 2.33. The van der Waals surface area contributed by atoms with Gasteiger partial charge in [0.25, 0.3) is 5.91 Å². The molecule has 0 spiro atoms. The molecule has 98 valence electrons. The molecule has 0 radical (unpaired) electrons. The number of halogens is 3. The van der Waals surface area contributed by atoms with Gasteiger partial charge in [-0.05, 0) is 46.3 Å². The molecule has 0 aromatic heterocycles. The Balaban J connectivity index is 2.39. The van der Waals surface area contributed by atoms with Crippen LogP contribution in [0.4, 0.5) is 4.39 Å². The molecule has 2 aromatic rings. The zero-order chi connectivity index (χ0) is 14.0. The summed E-state index contributed by atoms with van der Waals surface area (Å²) in [5.74, 6) is -0.516. The molecule has 0 heterocycles. The second-order valence-corrected chi connectivity index (χ2v) is 5.45. The van der Waals surface area contributed by atoms with Gasteiger partial charge in [-0.1, -0.05) is 15.9 Å². The van der Waals surface area contributed by atoms with Crippen LogP contribution >= 0.6 is 31.9 Å². The number of amides is 1. The highest BCUT2D eigenvalue weighted by Gasteiger charge is 2.11. The standard InChI is InChI=1S/C13H8Br2FNO2/c14-7-1-3-9(13(17)18)12(5-7)19-8-2-4-10(15)11(16)6-8/h1-6H,(H2,17,18). The molecule has 0 aliphatic heterocycles. The first-order valence-corrected chi connectivity index (χ1v) is 6.78. The molecule has 0 unspecified atom stereocenters. The third kappa shape index (κ3) is 3.33. The van der Waals surface area contributed by atoms with Crippen LogP contribution in [0, 0.1) is 5.82 Å². The lowest BCUT2D eigenvalue weighted by atomic mass is 10.2. The molecule has 0 aliphatic rings. The van der Waals surface area contributed by atoms with E-state index in [0.29, 0.717) is 4.47 Å². The molecule has 0 bridgehead atoms. The quantitative estimate of drug-likeness (QED) is 0.854. The number of hydrogen-bond acceptors (Lipinski definition) is 2. The summed E-state index contributed by atoms with van der Waals surface area (Å²) < 4.78 is 20.0. The van der Waals surface area contributed by atoms with E-state index in [1.165, 1.54) is 18.2 Å². The number of rotatable bonds is 3. The van der Waals surface area contributed by atoms with Gasteiger partial charge < -0.3 is 10.5 Å².